The highest BCUT2D eigenvalue weighted by molar-refractivity contribution is 7.90. The fraction of sp³-hybridized carbons (Fsp3) is 0.600. The summed E-state index contributed by atoms with van der Waals surface area (Å²) >= 11 is 5.88. The van der Waals surface area contributed by atoms with Crippen molar-refractivity contribution in [2.45, 2.75) is 52.1 Å². The lowest BCUT2D eigenvalue weighted by atomic mass is 9.69. The summed E-state index contributed by atoms with van der Waals surface area (Å²) in [5, 5.41) is 0.628. The molecule has 4 atom stereocenters. The van der Waals surface area contributed by atoms with E-state index in [0.29, 0.717) is 10.9 Å². The Morgan fingerprint density at radius 2 is 2.00 bits per heavy atom. The van der Waals surface area contributed by atoms with Gasteiger partial charge in [-0.2, -0.15) is 0 Å². The van der Waals surface area contributed by atoms with Crippen molar-refractivity contribution in [3.05, 3.63) is 34.9 Å². The second-order valence-corrected chi connectivity index (χ2v) is 11.0. The Hall–Kier alpha value is -1.40. The highest BCUT2D eigenvalue weighted by Gasteiger charge is 2.72. The minimum absolute atomic E-state index is 0.0461. The van der Waals surface area contributed by atoms with Crippen molar-refractivity contribution in [1.82, 2.24) is 4.31 Å². The Labute approximate surface area is 165 Å². The fourth-order valence-corrected chi connectivity index (χ4v) is 8.30. The van der Waals surface area contributed by atoms with Crippen LogP contribution in [0, 0.1) is 16.7 Å². The SMILES string of the molecule is C[C@H](N=Cc1ccc(Cl)cc1)C(=O)N1[C@@H]2C[C@H]3CC[C@]2(CS1(=O)=O)C3(C)C. The van der Waals surface area contributed by atoms with Gasteiger partial charge in [-0.15, -0.1) is 0 Å². The predicted octanol–water partition coefficient (Wildman–Crippen LogP) is 3.51. The largest absolute Gasteiger partial charge is 0.280 e. The van der Waals surface area contributed by atoms with Gasteiger partial charge in [-0.1, -0.05) is 37.6 Å². The number of rotatable bonds is 3. The van der Waals surface area contributed by atoms with Crippen LogP contribution in [0.5, 0.6) is 0 Å². The second kappa shape index (κ2) is 6.05. The second-order valence-electron chi connectivity index (χ2n) is 8.76. The topological polar surface area (TPSA) is 66.8 Å². The van der Waals surface area contributed by atoms with Crippen LogP contribution in [0.1, 0.15) is 45.6 Å². The van der Waals surface area contributed by atoms with Gasteiger partial charge in [0.2, 0.25) is 10.0 Å². The van der Waals surface area contributed by atoms with Gasteiger partial charge >= 0.3 is 0 Å². The molecule has 2 saturated carbocycles. The molecule has 2 aliphatic carbocycles. The van der Waals surface area contributed by atoms with Crippen LogP contribution >= 0.6 is 11.6 Å². The van der Waals surface area contributed by atoms with Crippen LogP contribution < -0.4 is 0 Å². The quantitative estimate of drug-likeness (QED) is 0.718. The molecular weight excluding hydrogens is 384 g/mol. The van der Waals surface area contributed by atoms with E-state index >= 15 is 0 Å². The summed E-state index contributed by atoms with van der Waals surface area (Å²) in [6, 6.07) is 6.17. The van der Waals surface area contributed by atoms with Crippen molar-refractivity contribution < 1.29 is 13.2 Å². The molecule has 3 fully saturated rings. The first-order valence-electron chi connectivity index (χ1n) is 9.43. The molecule has 2 bridgehead atoms. The predicted molar refractivity (Wildman–Crippen MR) is 106 cm³/mol. The number of fused-ring (bicyclic) bond motifs is 1. The van der Waals surface area contributed by atoms with Crippen molar-refractivity contribution >= 4 is 33.7 Å². The van der Waals surface area contributed by atoms with E-state index in [1.165, 1.54) is 4.31 Å². The summed E-state index contributed by atoms with van der Waals surface area (Å²) < 4.78 is 27.1. The van der Waals surface area contributed by atoms with Crippen molar-refractivity contribution in [3.8, 4) is 0 Å². The third kappa shape index (κ3) is 2.67. The number of hydrogen-bond acceptors (Lipinski definition) is 4. The standard InChI is InChI=1S/C20H25ClN2O3S/c1-13(22-11-14-4-6-16(21)7-5-14)18(24)23-17-10-15-8-9-20(17,19(15,2)3)12-27(23,25)26/h4-7,11,13,15,17H,8-10,12H2,1-3H3/t13-,15+,17+,20+/m0/s1. The van der Waals surface area contributed by atoms with Crippen LogP contribution in [0.2, 0.25) is 5.02 Å². The Bertz CT molecular complexity index is 910. The van der Waals surface area contributed by atoms with Crippen LogP contribution in [0.25, 0.3) is 0 Å². The first-order valence-corrected chi connectivity index (χ1v) is 11.4. The molecule has 1 saturated heterocycles. The van der Waals surface area contributed by atoms with Crippen LogP contribution in [-0.4, -0.2) is 42.7 Å². The number of carbonyl (C=O) groups excluding carboxylic acids is 1. The average Bonchev–Trinajstić information content (AvgIpc) is 3.08. The number of halogens is 1. The number of benzene rings is 1. The lowest BCUT2D eigenvalue weighted by molar-refractivity contribution is -0.129. The molecule has 0 unspecified atom stereocenters. The molecule has 0 radical (unpaired) electrons. The minimum Gasteiger partial charge on any atom is -0.280 e. The summed E-state index contributed by atoms with van der Waals surface area (Å²) in [5.74, 6) is 0.166. The van der Waals surface area contributed by atoms with Gasteiger partial charge in [0.25, 0.3) is 5.91 Å². The average molecular weight is 409 g/mol. The van der Waals surface area contributed by atoms with Crippen LogP contribution in [-0.2, 0) is 14.8 Å². The molecule has 3 aliphatic rings. The number of nitrogens with zero attached hydrogens (tertiary/aromatic N) is 2. The molecule has 27 heavy (non-hydrogen) atoms. The molecule has 1 amide bonds. The Balaban J connectivity index is 1.59. The number of amides is 1. The van der Waals surface area contributed by atoms with Crippen molar-refractivity contribution in [2.24, 2.45) is 21.7 Å². The lowest BCUT2D eigenvalue weighted by Gasteiger charge is -2.37. The van der Waals surface area contributed by atoms with Gasteiger partial charge in [0.05, 0.1) is 11.8 Å². The monoisotopic (exact) mass is 408 g/mol. The lowest BCUT2D eigenvalue weighted by Crippen LogP contribution is -2.46. The highest BCUT2D eigenvalue weighted by atomic mass is 35.5. The molecule has 1 aromatic rings. The maximum atomic E-state index is 13.1. The molecular formula is C20H25ClN2O3S. The van der Waals surface area contributed by atoms with Crippen molar-refractivity contribution in [3.63, 3.8) is 0 Å². The smallest absolute Gasteiger partial charge is 0.260 e. The van der Waals surface area contributed by atoms with Gasteiger partial charge in [0.1, 0.15) is 6.04 Å². The van der Waals surface area contributed by atoms with Crippen LogP contribution in [0.3, 0.4) is 0 Å². The molecule has 1 heterocycles. The molecule has 0 N–H and O–H groups in total. The minimum atomic E-state index is -3.60. The van der Waals surface area contributed by atoms with E-state index in [-0.39, 0.29) is 22.6 Å². The summed E-state index contributed by atoms with van der Waals surface area (Å²) in [4.78, 5) is 17.4. The van der Waals surface area contributed by atoms with Gasteiger partial charge < -0.3 is 0 Å². The summed E-state index contributed by atoms with van der Waals surface area (Å²) in [5.41, 5.74) is 0.474. The Morgan fingerprint density at radius 3 is 2.63 bits per heavy atom. The molecule has 4 rings (SSSR count). The molecule has 0 aromatic heterocycles. The van der Waals surface area contributed by atoms with Crippen LogP contribution in [0.4, 0.5) is 0 Å². The first-order chi connectivity index (χ1) is 12.6. The normalized spacial score (nSPS) is 34.1. The van der Waals surface area contributed by atoms with E-state index < -0.39 is 22.0 Å². The maximum absolute atomic E-state index is 13.1. The molecule has 5 nitrogen and oxygen atoms in total. The van der Waals surface area contributed by atoms with Crippen LogP contribution in [0.15, 0.2) is 29.3 Å². The van der Waals surface area contributed by atoms with Gasteiger partial charge in [-0.05, 0) is 55.2 Å². The zero-order valence-electron chi connectivity index (χ0n) is 15.9. The van der Waals surface area contributed by atoms with E-state index in [1.54, 1.807) is 25.3 Å². The van der Waals surface area contributed by atoms with E-state index in [2.05, 4.69) is 18.8 Å². The van der Waals surface area contributed by atoms with Gasteiger partial charge in [-0.25, -0.2) is 12.7 Å². The van der Waals surface area contributed by atoms with E-state index in [0.717, 1.165) is 24.8 Å². The first kappa shape index (κ1) is 18.9. The van der Waals surface area contributed by atoms with E-state index in [1.807, 2.05) is 12.1 Å². The summed E-state index contributed by atoms with van der Waals surface area (Å²) in [6.45, 7) is 6.01. The zero-order valence-corrected chi connectivity index (χ0v) is 17.4. The fourth-order valence-electron chi connectivity index (χ4n) is 5.57. The number of carbonyl (C=O) groups is 1. The molecule has 1 spiro atoms. The molecule has 1 aromatic carbocycles. The van der Waals surface area contributed by atoms with Gasteiger partial charge in [-0.3, -0.25) is 9.79 Å². The summed E-state index contributed by atoms with van der Waals surface area (Å²) in [6.07, 6.45) is 4.33. The Morgan fingerprint density at radius 1 is 1.33 bits per heavy atom. The van der Waals surface area contributed by atoms with Gasteiger partial charge in [0.15, 0.2) is 0 Å². The zero-order chi connectivity index (χ0) is 19.6. The third-order valence-electron chi connectivity index (χ3n) is 7.30. The Kier molecular flexibility index (Phi) is 4.24. The van der Waals surface area contributed by atoms with E-state index in [9.17, 15) is 13.2 Å². The van der Waals surface area contributed by atoms with Gasteiger partial charge in [0, 0.05) is 16.7 Å². The molecule has 1 aliphatic heterocycles. The third-order valence-corrected chi connectivity index (χ3v) is 9.47. The molecule has 7 heteroatoms. The number of sulfonamides is 1. The number of aliphatic imine (C=N–C) groups is 1. The van der Waals surface area contributed by atoms with Crippen molar-refractivity contribution in [2.75, 3.05) is 5.75 Å². The molecule has 146 valence electrons. The maximum Gasteiger partial charge on any atom is 0.260 e. The van der Waals surface area contributed by atoms with E-state index in [4.69, 9.17) is 11.6 Å². The number of hydrogen-bond donors (Lipinski definition) is 0. The highest BCUT2D eigenvalue weighted by Crippen LogP contribution is 2.70. The summed E-state index contributed by atoms with van der Waals surface area (Å²) in [7, 11) is -3.60. The van der Waals surface area contributed by atoms with Crippen molar-refractivity contribution in [1.29, 1.82) is 0 Å².